The first-order valence-corrected chi connectivity index (χ1v) is 12.6. The van der Waals surface area contributed by atoms with E-state index in [1.54, 1.807) is 24.3 Å². The fraction of sp³-hybridized carbons (Fsp3) is 0.333. The van der Waals surface area contributed by atoms with Gasteiger partial charge in [-0.25, -0.2) is 4.39 Å². The molecule has 7 heteroatoms. The molecule has 3 atom stereocenters. The number of benzene rings is 3. The third-order valence-electron chi connectivity index (χ3n) is 7.36. The summed E-state index contributed by atoms with van der Waals surface area (Å²) in [5, 5.41) is 19.8. The molecule has 0 radical (unpaired) electrons. The van der Waals surface area contributed by atoms with Crippen LogP contribution in [0.5, 0.6) is 23.0 Å². The maximum absolute atomic E-state index is 15.0. The number of hydrogen-bond acceptors (Lipinski definition) is 5. The van der Waals surface area contributed by atoms with Crippen LogP contribution < -0.4 is 9.47 Å². The highest BCUT2D eigenvalue weighted by molar-refractivity contribution is 5.95. The molecule has 0 spiro atoms. The second-order valence-corrected chi connectivity index (χ2v) is 9.91. The van der Waals surface area contributed by atoms with Gasteiger partial charge < -0.3 is 19.7 Å². The first-order valence-electron chi connectivity index (χ1n) is 12.6. The van der Waals surface area contributed by atoms with Crippen LogP contribution in [0.1, 0.15) is 43.1 Å². The molecule has 2 aliphatic heterocycles. The molecule has 194 valence electrons. The van der Waals surface area contributed by atoms with Crippen molar-refractivity contribution in [2.24, 2.45) is 5.92 Å². The fourth-order valence-electron chi connectivity index (χ4n) is 5.20. The summed E-state index contributed by atoms with van der Waals surface area (Å²) in [7, 11) is 0. The van der Waals surface area contributed by atoms with Crippen molar-refractivity contribution in [2.75, 3.05) is 26.4 Å². The van der Waals surface area contributed by atoms with Crippen LogP contribution in [0.4, 0.5) is 8.78 Å². The van der Waals surface area contributed by atoms with E-state index in [9.17, 15) is 14.6 Å². The number of likely N-dealkylation sites (tertiary alicyclic amines) is 1. The Labute approximate surface area is 215 Å². The minimum atomic E-state index is -0.636. The Hall–Kier alpha value is -3.58. The van der Waals surface area contributed by atoms with Gasteiger partial charge in [-0.1, -0.05) is 12.1 Å². The van der Waals surface area contributed by atoms with Gasteiger partial charge in [-0.15, -0.1) is 0 Å². The second kappa shape index (κ2) is 10.4. The van der Waals surface area contributed by atoms with Crippen molar-refractivity contribution in [1.82, 2.24) is 4.90 Å². The highest BCUT2D eigenvalue weighted by Gasteiger charge is 2.31. The van der Waals surface area contributed by atoms with Crippen molar-refractivity contribution in [1.29, 1.82) is 0 Å². The first kappa shape index (κ1) is 25.1. The molecule has 2 N–H and O–H groups in total. The number of allylic oxidation sites excluding steroid dienone is 1. The van der Waals surface area contributed by atoms with E-state index in [1.807, 2.05) is 31.2 Å². The molecular weight excluding hydrogens is 476 g/mol. The lowest BCUT2D eigenvalue weighted by Crippen LogP contribution is -2.35. The zero-order valence-corrected chi connectivity index (χ0v) is 21.0. The normalized spacial score (nSPS) is 20.4. The molecule has 2 aliphatic rings. The van der Waals surface area contributed by atoms with Gasteiger partial charge in [0, 0.05) is 47.3 Å². The number of phenolic OH excluding ortho intramolecular Hbond substituents is 2. The molecule has 5 nitrogen and oxygen atoms in total. The lowest BCUT2D eigenvalue weighted by molar-refractivity contribution is 0.165. The Balaban J connectivity index is 1.40. The number of halogens is 2. The maximum atomic E-state index is 15.0. The quantitative estimate of drug-likeness (QED) is 0.390. The van der Waals surface area contributed by atoms with Crippen LogP contribution in [-0.2, 0) is 0 Å². The molecule has 1 fully saturated rings. The van der Waals surface area contributed by atoms with E-state index in [1.165, 1.54) is 6.07 Å². The van der Waals surface area contributed by atoms with Gasteiger partial charge in [0.25, 0.3) is 0 Å². The summed E-state index contributed by atoms with van der Waals surface area (Å²) in [6, 6.07) is 16.7. The number of hydrogen-bond donors (Lipinski definition) is 2. The summed E-state index contributed by atoms with van der Waals surface area (Å²) in [4.78, 5) is 2.26. The molecule has 0 saturated carbocycles. The monoisotopic (exact) mass is 507 g/mol. The predicted molar refractivity (Wildman–Crippen MR) is 139 cm³/mol. The average Bonchev–Trinajstić information content (AvgIpc) is 3.38. The van der Waals surface area contributed by atoms with Gasteiger partial charge in [-0.3, -0.25) is 9.29 Å². The lowest BCUT2D eigenvalue weighted by Gasteiger charge is -2.31. The summed E-state index contributed by atoms with van der Waals surface area (Å²) in [6.07, 6.45) is 0.248. The van der Waals surface area contributed by atoms with Gasteiger partial charge in [0.05, 0.1) is 6.67 Å². The molecule has 0 amide bonds. The highest BCUT2D eigenvalue weighted by atomic mass is 19.1. The van der Waals surface area contributed by atoms with Crippen molar-refractivity contribution >= 4 is 11.1 Å². The van der Waals surface area contributed by atoms with E-state index in [2.05, 4.69) is 11.8 Å². The Morgan fingerprint density at radius 3 is 2.41 bits per heavy atom. The standard InChI is InChI=1S/C30H31F2NO4/c1-18(33-12-11-20(15-31)16-33)17-36-24-7-3-21(4-8-24)30-29(26-10-6-22(34)13-27(26)32)19(2)25-9-5-23(35)14-28(25)37-30/h3-10,13-14,18,20,30,34-35H,11-12,15-17H2,1-2H3/t18-,20-,30?/m0/s1. The van der Waals surface area contributed by atoms with E-state index in [-0.39, 0.29) is 30.1 Å². The molecule has 0 aliphatic carbocycles. The summed E-state index contributed by atoms with van der Waals surface area (Å²) >= 11 is 0. The van der Waals surface area contributed by atoms with Gasteiger partial charge in [0.15, 0.2) is 0 Å². The topological polar surface area (TPSA) is 62.2 Å². The fourth-order valence-corrected chi connectivity index (χ4v) is 5.20. The second-order valence-electron chi connectivity index (χ2n) is 9.91. The molecule has 5 rings (SSSR count). The zero-order chi connectivity index (χ0) is 26.1. The Morgan fingerprint density at radius 1 is 1.03 bits per heavy atom. The van der Waals surface area contributed by atoms with Crippen LogP contribution in [0.3, 0.4) is 0 Å². The van der Waals surface area contributed by atoms with E-state index >= 15 is 4.39 Å². The Morgan fingerprint density at radius 2 is 1.73 bits per heavy atom. The first-order chi connectivity index (χ1) is 17.8. The third-order valence-corrected chi connectivity index (χ3v) is 7.36. The number of rotatable bonds is 7. The molecular formula is C30H31F2NO4. The van der Waals surface area contributed by atoms with Crippen molar-refractivity contribution in [3.63, 3.8) is 0 Å². The molecule has 1 unspecified atom stereocenters. The molecule has 1 saturated heterocycles. The SMILES string of the molecule is CC1=C(c2ccc(O)cc2F)C(c2ccc(OC[C@H](C)N3CC[C@@H](CF)C3)cc2)Oc2cc(O)ccc21. The van der Waals surface area contributed by atoms with Crippen molar-refractivity contribution < 1.29 is 28.5 Å². The van der Waals surface area contributed by atoms with Crippen LogP contribution in [0.15, 0.2) is 60.7 Å². The minimum absolute atomic E-state index is 0.0817. The van der Waals surface area contributed by atoms with E-state index in [0.717, 1.165) is 42.3 Å². The summed E-state index contributed by atoms with van der Waals surface area (Å²) in [6.45, 7) is 5.85. The Bertz CT molecular complexity index is 1310. The average molecular weight is 508 g/mol. The third kappa shape index (κ3) is 5.14. The predicted octanol–water partition coefficient (Wildman–Crippen LogP) is 6.36. The molecule has 3 aromatic carbocycles. The zero-order valence-electron chi connectivity index (χ0n) is 21.0. The lowest BCUT2D eigenvalue weighted by atomic mass is 9.86. The molecule has 0 aromatic heterocycles. The number of aromatic hydroxyl groups is 2. The maximum Gasteiger partial charge on any atom is 0.150 e. The van der Waals surface area contributed by atoms with Gasteiger partial charge in [0.1, 0.15) is 41.5 Å². The van der Waals surface area contributed by atoms with E-state index < -0.39 is 11.9 Å². The van der Waals surface area contributed by atoms with Crippen LogP contribution >= 0.6 is 0 Å². The van der Waals surface area contributed by atoms with E-state index in [0.29, 0.717) is 29.2 Å². The smallest absolute Gasteiger partial charge is 0.150 e. The highest BCUT2D eigenvalue weighted by Crippen LogP contribution is 2.48. The van der Waals surface area contributed by atoms with Crippen molar-refractivity contribution in [3.05, 3.63) is 83.2 Å². The minimum Gasteiger partial charge on any atom is -0.508 e. The molecule has 3 aromatic rings. The summed E-state index contributed by atoms with van der Waals surface area (Å²) < 4.78 is 40.3. The van der Waals surface area contributed by atoms with Crippen LogP contribution in [-0.4, -0.2) is 47.5 Å². The van der Waals surface area contributed by atoms with E-state index in [4.69, 9.17) is 9.47 Å². The van der Waals surface area contributed by atoms with Gasteiger partial charge in [0.2, 0.25) is 0 Å². The Kier molecular flexibility index (Phi) is 7.07. The number of ether oxygens (including phenoxy) is 2. The largest absolute Gasteiger partial charge is 0.508 e. The number of fused-ring (bicyclic) bond motifs is 1. The van der Waals surface area contributed by atoms with Crippen LogP contribution in [0.2, 0.25) is 0 Å². The van der Waals surface area contributed by atoms with Crippen molar-refractivity contribution in [3.8, 4) is 23.0 Å². The summed E-state index contributed by atoms with van der Waals surface area (Å²) in [5.74, 6) is 0.714. The van der Waals surface area contributed by atoms with Crippen LogP contribution in [0.25, 0.3) is 11.1 Å². The number of nitrogens with zero attached hydrogens (tertiary/aromatic N) is 1. The molecule has 37 heavy (non-hydrogen) atoms. The van der Waals surface area contributed by atoms with Gasteiger partial charge in [-0.2, -0.15) is 0 Å². The van der Waals surface area contributed by atoms with Gasteiger partial charge >= 0.3 is 0 Å². The van der Waals surface area contributed by atoms with Gasteiger partial charge in [-0.05, 0) is 74.3 Å². The summed E-state index contributed by atoms with van der Waals surface area (Å²) in [5.41, 5.74) is 3.37. The number of phenols is 2. The van der Waals surface area contributed by atoms with Crippen molar-refractivity contribution in [2.45, 2.75) is 32.4 Å². The van der Waals surface area contributed by atoms with Crippen LogP contribution in [0, 0.1) is 11.7 Å². The molecule has 2 heterocycles. The molecule has 0 bridgehead atoms. The number of alkyl halides is 1.